The van der Waals surface area contributed by atoms with Gasteiger partial charge in [-0.25, -0.2) is 4.39 Å². The van der Waals surface area contributed by atoms with Gasteiger partial charge in [0.2, 0.25) is 0 Å². The number of primary amides is 1. The number of aromatic hydroxyl groups is 1. The number of carbonyl (C=O) groups is 2. The van der Waals surface area contributed by atoms with E-state index in [9.17, 15) is 30.0 Å². The molecule has 9 nitrogen and oxygen atoms in total. The van der Waals surface area contributed by atoms with Gasteiger partial charge in [-0.2, -0.15) is 0 Å². The normalized spacial score (nSPS) is 29.5. The Hall–Kier alpha value is -3.21. The Bertz CT molecular complexity index is 1380. The van der Waals surface area contributed by atoms with E-state index in [0.29, 0.717) is 18.7 Å². The zero-order valence-corrected chi connectivity index (χ0v) is 22.7. The molecule has 0 radical (unpaired) electrons. The molecule has 0 aromatic heterocycles. The number of carbonyl (C=O) groups excluding carboxylic acids is 2. The van der Waals surface area contributed by atoms with E-state index in [0.717, 1.165) is 12.8 Å². The zero-order chi connectivity index (χ0) is 28.8. The maximum absolute atomic E-state index is 16.0. The van der Waals surface area contributed by atoms with Gasteiger partial charge in [-0.3, -0.25) is 19.4 Å². The molecule has 4 aliphatic rings. The van der Waals surface area contributed by atoms with E-state index < -0.39 is 58.1 Å². The van der Waals surface area contributed by atoms with Crippen molar-refractivity contribution in [2.45, 2.75) is 63.3 Å². The monoisotopic (exact) mass is 541 g/mol. The Labute approximate surface area is 226 Å². The largest absolute Gasteiger partial charge is 0.510 e. The summed E-state index contributed by atoms with van der Waals surface area (Å²) in [7, 11) is 3.25. The van der Waals surface area contributed by atoms with E-state index in [2.05, 4.69) is 18.4 Å². The highest BCUT2D eigenvalue weighted by Crippen LogP contribution is 2.54. The first kappa shape index (κ1) is 27.4. The van der Waals surface area contributed by atoms with Gasteiger partial charge in [0.25, 0.3) is 5.91 Å². The summed E-state index contributed by atoms with van der Waals surface area (Å²) in [6.07, 6.45) is 2.10. The fourth-order valence-corrected chi connectivity index (χ4v) is 7.02. The van der Waals surface area contributed by atoms with Crippen LogP contribution >= 0.6 is 0 Å². The number of phenols is 1. The number of Topliss-reactive ketones (excluding diaryl/α,β-unsaturated/α-hetero) is 1. The summed E-state index contributed by atoms with van der Waals surface area (Å²) >= 11 is 0. The van der Waals surface area contributed by atoms with Crippen molar-refractivity contribution in [2.75, 3.05) is 20.6 Å². The molecule has 0 heterocycles. The SMILES string of the molecule is C=C1C(C(N)=O)=C(O)[C@@H](N(C)C)[C@@H]2C[C@@H]3Cc4c(F)c(CN(CC)C5(C)CC5)cc(O)c4C(O)=C3C(=O)[C@]12O. The molecule has 4 aliphatic carbocycles. The van der Waals surface area contributed by atoms with Gasteiger partial charge in [-0.05, 0) is 65.2 Å². The Morgan fingerprint density at radius 1 is 1.26 bits per heavy atom. The number of aliphatic hydroxyl groups is 3. The van der Waals surface area contributed by atoms with Crippen LogP contribution in [0.2, 0.25) is 0 Å². The second-order valence-corrected chi connectivity index (χ2v) is 11.8. The van der Waals surface area contributed by atoms with Gasteiger partial charge in [-0.1, -0.05) is 13.5 Å². The number of hydrogen-bond acceptors (Lipinski definition) is 8. The van der Waals surface area contributed by atoms with Crippen molar-refractivity contribution < 1.29 is 34.4 Å². The number of benzene rings is 1. The van der Waals surface area contributed by atoms with Crippen LogP contribution in [0.4, 0.5) is 4.39 Å². The lowest BCUT2D eigenvalue weighted by Crippen LogP contribution is -2.63. The van der Waals surface area contributed by atoms with Crippen LogP contribution in [0, 0.1) is 17.7 Å². The molecule has 4 atom stereocenters. The molecule has 0 aliphatic heterocycles. The molecular weight excluding hydrogens is 505 g/mol. The number of amides is 1. The number of hydrogen-bond donors (Lipinski definition) is 5. The number of aliphatic hydroxyl groups excluding tert-OH is 2. The second kappa shape index (κ2) is 8.90. The molecule has 0 unspecified atom stereocenters. The van der Waals surface area contributed by atoms with Crippen molar-refractivity contribution in [1.82, 2.24) is 9.80 Å². The topological polar surface area (TPSA) is 148 Å². The van der Waals surface area contributed by atoms with Crippen LogP contribution in [0.5, 0.6) is 5.75 Å². The Kier molecular flexibility index (Phi) is 6.25. The maximum atomic E-state index is 16.0. The van der Waals surface area contributed by atoms with Crippen LogP contribution in [0.1, 0.15) is 49.8 Å². The molecule has 2 saturated carbocycles. The van der Waals surface area contributed by atoms with Crippen LogP contribution in [-0.2, 0) is 22.6 Å². The minimum absolute atomic E-state index is 0.00342. The number of halogens is 1. The van der Waals surface area contributed by atoms with Crippen molar-refractivity contribution >= 4 is 17.4 Å². The third kappa shape index (κ3) is 3.76. The van der Waals surface area contributed by atoms with Crippen molar-refractivity contribution in [3.05, 3.63) is 57.6 Å². The molecule has 0 saturated heterocycles. The highest BCUT2D eigenvalue weighted by molar-refractivity contribution is 6.13. The average molecular weight is 542 g/mol. The van der Waals surface area contributed by atoms with E-state index in [-0.39, 0.29) is 46.4 Å². The number of nitrogens with two attached hydrogens (primary N) is 1. The molecular formula is C29H36FN3O6. The van der Waals surface area contributed by atoms with E-state index in [1.165, 1.54) is 6.07 Å². The smallest absolute Gasteiger partial charge is 0.252 e. The lowest BCUT2D eigenvalue weighted by Gasteiger charge is -2.52. The Morgan fingerprint density at radius 2 is 1.90 bits per heavy atom. The Balaban J connectivity index is 1.63. The molecule has 210 valence electrons. The van der Waals surface area contributed by atoms with Gasteiger partial charge in [-0.15, -0.1) is 0 Å². The van der Waals surface area contributed by atoms with E-state index in [4.69, 9.17) is 5.73 Å². The number of phenolic OH excluding ortho intramolecular Hbond substituents is 1. The third-order valence-electron chi connectivity index (χ3n) is 9.39. The fraction of sp³-hybridized carbons (Fsp3) is 0.517. The lowest BCUT2D eigenvalue weighted by molar-refractivity contribution is -0.143. The van der Waals surface area contributed by atoms with Gasteiger partial charge >= 0.3 is 0 Å². The number of fused-ring (bicyclic) bond motifs is 3. The van der Waals surface area contributed by atoms with Crippen LogP contribution in [0.25, 0.3) is 5.76 Å². The molecule has 1 aromatic rings. The minimum atomic E-state index is -2.35. The quantitative estimate of drug-likeness (QED) is 0.369. The molecule has 5 rings (SSSR count). The van der Waals surface area contributed by atoms with E-state index in [1.54, 1.807) is 19.0 Å². The van der Waals surface area contributed by atoms with Crippen molar-refractivity contribution in [3.63, 3.8) is 0 Å². The summed E-state index contributed by atoms with van der Waals surface area (Å²) in [6.45, 7) is 8.87. The average Bonchev–Trinajstić information content (AvgIpc) is 3.60. The van der Waals surface area contributed by atoms with Crippen LogP contribution in [0.15, 0.2) is 35.1 Å². The van der Waals surface area contributed by atoms with Gasteiger partial charge in [0.05, 0.1) is 17.2 Å². The van der Waals surface area contributed by atoms with E-state index in [1.807, 2.05) is 6.92 Å². The predicted molar refractivity (Wildman–Crippen MR) is 142 cm³/mol. The Morgan fingerprint density at radius 3 is 2.44 bits per heavy atom. The summed E-state index contributed by atoms with van der Waals surface area (Å²) in [5.41, 5.74) is 2.44. The number of rotatable bonds is 6. The molecule has 1 amide bonds. The van der Waals surface area contributed by atoms with Crippen LogP contribution < -0.4 is 5.73 Å². The van der Waals surface area contributed by atoms with Crippen molar-refractivity contribution in [2.24, 2.45) is 17.6 Å². The number of likely N-dealkylation sites (N-methyl/N-ethyl adjacent to an activating group) is 1. The van der Waals surface area contributed by atoms with Gasteiger partial charge in [0.15, 0.2) is 11.4 Å². The van der Waals surface area contributed by atoms with Crippen LogP contribution in [-0.4, -0.2) is 79.7 Å². The highest BCUT2D eigenvalue weighted by atomic mass is 19.1. The van der Waals surface area contributed by atoms with Crippen molar-refractivity contribution in [3.8, 4) is 5.75 Å². The molecule has 39 heavy (non-hydrogen) atoms. The zero-order valence-electron chi connectivity index (χ0n) is 22.7. The third-order valence-corrected chi connectivity index (χ3v) is 9.39. The van der Waals surface area contributed by atoms with Gasteiger partial charge in [0, 0.05) is 40.3 Å². The standard InChI is InChI=1S/C29H36FN3O6/c1-6-33(28(3)7-8-28)12-15-11-18(34)21-16(22(15)30)9-14-10-17-23(32(4)5)25(36)19(27(31)38)13(2)29(17,39)26(37)20(14)24(21)35/h11,14,17,23,34-36,39H,2,6-10,12H2,1,3-5H3,(H2,31,38)/t14-,17-,23-,29-/m0/s1. The molecule has 2 fully saturated rings. The molecule has 0 bridgehead atoms. The van der Waals surface area contributed by atoms with Crippen molar-refractivity contribution in [1.29, 1.82) is 0 Å². The maximum Gasteiger partial charge on any atom is 0.252 e. The molecule has 1 aromatic carbocycles. The minimum Gasteiger partial charge on any atom is -0.510 e. The van der Waals surface area contributed by atoms with Crippen LogP contribution in [0.3, 0.4) is 0 Å². The molecule has 0 spiro atoms. The summed E-state index contributed by atoms with van der Waals surface area (Å²) in [6, 6.07) is 0.331. The number of nitrogens with zero attached hydrogens (tertiary/aromatic N) is 2. The first-order chi connectivity index (χ1) is 18.2. The summed E-state index contributed by atoms with van der Waals surface area (Å²) in [5.74, 6) is -5.51. The number of ketones is 1. The van der Waals surface area contributed by atoms with Gasteiger partial charge in [0.1, 0.15) is 23.1 Å². The first-order valence-corrected chi connectivity index (χ1v) is 13.3. The highest BCUT2D eigenvalue weighted by Gasteiger charge is 2.62. The summed E-state index contributed by atoms with van der Waals surface area (Å²) in [5, 5.41) is 45.1. The molecule has 6 N–H and O–H groups in total. The molecule has 10 heteroatoms. The predicted octanol–water partition coefficient (Wildman–Crippen LogP) is 2.46. The fourth-order valence-electron chi connectivity index (χ4n) is 7.02. The van der Waals surface area contributed by atoms with Gasteiger partial charge < -0.3 is 26.2 Å². The first-order valence-electron chi connectivity index (χ1n) is 13.3. The van der Waals surface area contributed by atoms with E-state index >= 15 is 4.39 Å². The summed E-state index contributed by atoms with van der Waals surface area (Å²) < 4.78 is 16.0. The summed E-state index contributed by atoms with van der Waals surface area (Å²) in [4.78, 5) is 29.9. The second-order valence-electron chi connectivity index (χ2n) is 11.8. The lowest BCUT2D eigenvalue weighted by atomic mass is 9.56.